The highest BCUT2D eigenvalue weighted by molar-refractivity contribution is 7.17. The second-order valence-corrected chi connectivity index (χ2v) is 8.53. The summed E-state index contributed by atoms with van der Waals surface area (Å²) >= 11 is 7.12. The number of nitrogens with zero attached hydrogens (tertiary/aromatic N) is 5. The SMILES string of the molecule is COc1cnc(Cl)cc1-c1cn(C)c(=O)cc1C(=O)Nc1nnc(OCc2ccc(C)cn2)s1. The molecule has 1 N–H and O–H groups in total. The van der Waals surface area contributed by atoms with Crippen molar-refractivity contribution in [1.82, 2.24) is 24.7 Å². The van der Waals surface area contributed by atoms with Crippen molar-refractivity contribution in [2.45, 2.75) is 13.5 Å². The summed E-state index contributed by atoms with van der Waals surface area (Å²) in [7, 11) is 3.06. The van der Waals surface area contributed by atoms with Crippen molar-refractivity contribution < 1.29 is 14.3 Å². The predicted molar refractivity (Wildman–Crippen MR) is 128 cm³/mol. The molecule has 0 atom stereocenters. The lowest BCUT2D eigenvalue weighted by atomic mass is 10.0. The van der Waals surface area contributed by atoms with Gasteiger partial charge in [-0.3, -0.25) is 19.9 Å². The highest BCUT2D eigenvalue weighted by Crippen LogP contribution is 2.33. The molecule has 0 aliphatic heterocycles. The van der Waals surface area contributed by atoms with E-state index in [1.54, 1.807) is 19.3 Å². The van der Waals surface area contributed by atoms with E-state index in [2.05, 4.69) is 25.5 Å². The number of carbonyl (C=O) groups excluding carboxylic acids is 1. The van der Waals surface area contributed by atoms with Crippen LogP contribution >= 0.6 is 22.9 Å². The molecular weight excluding hydrogens is 480 g/mol. The van der Waals surface area contributed by atoms with E-state index >= 15 is 0 Å². The fourth-order valence-electron chi connectivity index (χ4n) is 3.03. The first-order valence-electron chi connectivity index (χ1n) is 9.94. The molecule has 4 heterocycles. The maximum Gasteiger partial charge on any atom is 0.296 e. The van der Waals surface area contributed by atoms with E-state index in [1.165, 1.54) is 30.1 Å². The van der Waals surface area contributed by atoms with Gasteiger partial charge in [0, 0.05) is 36.6 Å². The van der Waals surface area contributed by atoms with Gasteiger partial charge in [-0.1, -0.05) is 22.8 Å². The van der Waals surface area contributed by atoms with Crippen molar-refractivity contribution in [2.75, 3.05) is 12.4 Å². The molecule has 10 nitrogen and oxygen atoms in total. The first-order chi connectivity index (χ1) is 16.3. The smallest absolute Gasteiger partial charge is 0.296 e. The van der Waals surface area contributed by atoms with Gasteiger partial charge in [0.05, 0.1) is 24.6 Å². The number of rotatable bonds is 7. The largest absolute Gasteiger partial charge is 0.494 e. The molecule has 0 spiro atoms. The third kappa shape index (κ3) is 5.21. The van der Waals surface area contributed by atoms with Gasteiger partial charge in [-0.05, 0) is 36.0 Å². The monoisotopic (exact) mass is 498 g/mol. The van der Waals surface area contributed by atoms with Gasteiger partial charge >= 0.3 is 0 Å². The molecule has 1 amide bonds. The van der Waals surface area contributed by atoms with Crippen molar-refractivity contribution >= 4 is 34.0 Å². The second kappa shape index (κ2) is 9.98. The number of anilines is 1. The number of ether oxygens (including phenoxy) is 2. The van der Waals surface area contributed by atoms with Gasteiger partial charge in [-0.15, -0.1) is 5.10 Å². The number of methoxy groups -OCH3 is 1. The molecule has 0 saturated carbocycles. The van der Waals surface area contributed by atoms with Crippen LogP contribution in [0.4, 0.5) is 5.13 Å². The minimum absolute atomic E-state index is 0.116. The number of amides is 1. The van der Waals surface area contributed by atoms with Crippen LogP contribution in [0.25, 0.3) is 11.1 Å². The lowest BCUT2D eigenvalue weighted by Crippen LogP contribution is -2.21. The molecule has 0 aliphatic rings. The molecule has 174 valence electrons. The Bertz CT molecular complexity index is 1400. The Morgan fingerprint density at radius 1 is 1.18 bits per heavy atom. The minimum atomic E-state index is -0.550. The quantitative estimate of drug-likeness (QED) is 0.384. The third-order valence-corrected chi connectivity index (χ3v) is 5.72. The van der Waals surface area contributed by atoms with Gasteiger partial charge in [-0.2, -0.15) is 0 Å². The summed E-state index contributed by atoms with van der Waals surface area (Å²) in [6.45, 7) is 2.16. The lowest BCUT2D eigenvalue weighted by molar-refractivity contribution is 0.102. The lowest BCUT2D eigenvalue weighted by Gasteiger charge is -2.13. The van der Waals surface area contributed by atoms with Crippen LogP contribution in [0.3, 0.4) is 0 Å². The molecule has 0 fully saturated rings. The average Bonchev–Trinajstić information content (AvgIpc) is 3.27. The molecule has 0 aliphatic carbocycles. The number of pyridine rings is 3. The van der Waals surface area contributed by atoms with Gasteiger partial charge in [0.15, 0.2) is 0 Å². The van der Waals surface area contributed by atoms with Gasteiger partial charge < -0.3 is 14.0 Å². The highest BCUT2D eigenvalue weighted by Gasteiger charge is 2.20. The maximum absolute atomic E-state index is 13.1. The zero-order valence-corrected chi connectivity index (χ0v) is 20.0. The van der Waals surface area contributed by atoms with Crippen LogP contribution in [0.15, 0.2) is 47.7 Å². The molecule has 4 aromatic heterocycles. The third-order valence-electron chi connectivity index (χ3n) is 4.76. The summed E-state index contributed by atoms with van der Waals surface area (Å²) in [4.78, 5) is 33.7. The molecule has 0 saturated heterocycles. The fraction of sp³-hybridized carbons (Fsp3) is 0.182. The highest BCUT2D eigenvalue weighted by atomic mass is 35.5. The zero-order chi connectivity index (χ0) is 24.2. The summed E-state index contributed by atoms with van der Waals surface area (Å²) in [5.41, 5.74) is 2.49. The van der Waals surface area contributed by atoms with Crippen molar-refractivity contribution in [3.8, 4) is 22.1 Å². The van der Waals surface area contributed by atoms with Crippen molar-refractivity contribution in [2.24, 2.45) is 7.05 Å². The van der Waals surface area contributed by atoms with Crippen molar-refractivity contribution in [3.05, 3.63) is 75.2 Å². The van der Waals surface area contributed by atoms with Crippen LogP contribution in [-0.4, -0.2) is 37.7 Å². The predicted octanol–water partition coefficient (Wildman–Crippen LogP) is 3.50. The van der Waals surface area contributed by atoms with E-state index in [0.717, 1.165) is 22.6 Å². The first-order valence-corrected chi connectivity index (χ1v) is 11.1. The molecule has 0 aromatic carbocycles. The van der Waals surface area contributed by atoms with E-state index in [1.807, 2.05) is 19.1 Å². The molecular formula is C22H19ClN6O4S. The minimum Gasteiger partial charge on any atom is -0.494 e. The van der Waals surface area contributed by atoms with Crippen LogP contribution < -0.4 is 20.3 Å². The van der Waals surface area contributed by atoms with E-state index in [9.17, 15) is 9.59 Å². The van der Waals surface area contributed by atoms with Gasteiger partial charge in [0.1, 0.15) is 17.5 Å². The van der Waals surface area contributed by atoms with E-state index in [-0.39, 0.29) is 33.2 Å². The van der Waals surface area contributed by atoms with E-state index < -0.39 is 5.91 Å². The Labute approximate surface area is 203 Å². The molecule has 34 heavy (non-hydrogen) atoms. The number of aryl methyl sites for hydroxylation is 2. The van der Waals surface area contributed by atoms with Crippen LogP contribution in [0.5, 0.6) is 10.9 Å². The van der Waals surface area contributed by atoms with E-state index in [0.29, 0.717) is 16.9 Å². The number of nitrogens with one attached hydrogen (secondary N) is 1. The number of halogens is 1. The molecule has 0 unspecified atom stereocenters. The van der Waals surface area contributed by atoms with Crippen molar-refractivity contribution in [1.29, 1.82) is 0 Å². The molecule has 12 heteroatoms. The maximum atomic E-state index is 13.1. The second-order valence-electron chi connectivity index (χ2n) is 7.20. The van der Waals surface area contributed by atoms with Gasteiger partial charge in [-0.25, -0.2) is 4.98 Å². The van der Waals surface area contributed by atoms with Gasteiger partial charge in [0.2, 0.25) is 5.13 Å². The molecule has 4 rings (SSSR count). The standard InChI is InChI=1S/C22H19ClN6O4S/c1-12-4-5-13(24-8-12)11-33-22-28-27-21(34-22)26-20(31)15-7-19(30)29(2)10-16(15)14-6-18(23)25-9-17(14)32-3/h4-10H,11H2,1-3H3,(H,26,27,31). The zero-order valence-electron chi connectivity index (χ0n) is 18.4. The number of hydrogen-bond acceptors (Lipinski definition) is 9. The van der Waals surface area contributed by atoms with Gasteiger partial charge in [0.25, 0.3) is 16.7 Å². The van der Waals surface area contributed by atoms with Crippen LogP contribution in [0.2, 0.25) is 5.15 Å². The molecule has 0 radical (unpaired) electrons. The molecule has 0 bridgehead atoms. The van der Waals surface area contributed by atoms with Crippen LogP contribution in [-0.2, 0) is 13.7 Å². The summed E-state index contributed by atoms with van der Waals surface area (Å²) in [5.74, 6) is -0.154. The summed E-state index contributed by atoms with van der Waals surface area (Å²) in [6, 6.07) is 6.59. The fourth-order valence-corrected chi connectivity index (χ4v) is 3.77. The first kappa shape index (κ1) is 23.3. The van der Waals surface area contributed by atoms with Crippen molar-refractivity contribution in [3.63, 3.8) is 0 Å². The average molecular weight is 499 g/mol. The Hall–Kier alpha value is -3.83. The topological polar surface area (TPSA) is 121 Å². The van der Waals surface area contributed by atoms with Crippen LogP contribution in [0, 0.1) is 6.92 Å². The normalized spacial score (nSPS) is 10.7. The number of aromatic nitrogens is 5. The number of carbonyl (C=O) groups is 1. The Morgan fingerprint density at radius 3 is 2.74 bits per heavy atom. The molecule has 4 aromatic rings. The summed E-state index contributed by atoms with van der Waals surface area (Å²) in [6.07, 6.45) is 4.73. The Kier molecular flexibility index (Phi) is 6.85. The Morgan fingerprint density at radius 2 is 2.00 bits per heavy atom. The van der Waals surface area contributed by atoms with Crippen LogP contribution in [0.1, 0.15) is 21.6 Å². The summed E-state index contributed by atoms with van der Waals surface area (Å²) < 4.78 is 12.3. The van der Waals surface area contributed by atoms with E-state index in [4.69, 9.17) is 21.1 Å². The Balaban J connectivity index is 1.57. The summed E-state index contributed by atoms with van der Waals surface area (Å²) in [5, 5.41) is 11.2. The number of hydrogen-bond donors (Lipinski definition) is 1.